The van der Waals surface area contributed by atoms with E-state index in [9.17, 15) is 21.6 Å². The minimum atomic E-state index is -3.80. The van der Waals surface area contributed by atoms with E-state index in [1.165, 1.54) is 25.3 Å². The Bertz CT molecular complexity index is 851. The van der Waals surface area contributed by atoms with Gasteiger partial charge in [0.25, 0.3) is 0 Å². The molecule has 0 aromatic heterocycles. The fourth-order valence-electron chi connectivity index (χ4n) is 2.40. The lowest BCUT2D eigenvalue weighted by Gasteiger charge is -2.19. The van der Waals surface area contributed by atoms with E-state index in [2.05, 4.69) is 10.0 Å². The molecule has 1 aromatic rings. The van der Waals surface area contributed by atoms with Crippen molar-refractivity contribution in [3.05, 3.63) is 23.8 Å². The quantitative estimate of drug-likeness (QED) is 0.578. The van der Waals surface area contributed by atoms with Gasteiger partial charge in [0.05, 0.1) is 24.2 Å². The van der Waals surface area contributed by atoms with Crippen molar-refractivity contribution in [3.8, 4) is 0 Å². The predicted octanol–water partition coefficient (Wildman–Crippen LogP) is -0.632. The first-order chi connectivity index (χ1) is 11.6. The minimum absolute atomic E-state index is 0.00753. The fourth-order valence-corrected chi connectivity index (χ4v) is 4.30. The molecule has 0 aliphatic carbocycles. The number of anilines is 1. The molecule has 0 atom stereocenters. The van der Waals surface area contributed by atoms with E-state index in [0.29, 0.717) is 11.3 Å². The van der Waals surface area contributed by atoms with Gasteiger partial charge in [0.2, 0.25) is 26.0 Å². The monoisotopic (exact) mass is 391 g/mol. The summed E-state index contributed by atoms with van der Waals surface area (Å²) < 4.78 is 56.4. The van der Waals surface area contributed by atoms with Gasteiger partial charge in [-0.05, 0) is 23.8 Å². The summed E-state index contributed by atoms with van der Waals surface area (Å²) in [4.78, 5) is 11.4. The average molecular weight is 391 g/mol. The maximum absolute atomic E-state index is 12.3. The molecule has 1 aliphatic rings. The molecule has 0 saturated heterocycles. The number of carbonyl (C=O) groups excluding carboxylic acids is 1. The van der Waals surface area contributed by atoms with E-state index in [1.807, 2.05) is 0 Å². The van der Waals surface area contributed by atoms with Crippen LogP contribution in [0.1, 0.15) is 5.56 Å². The SMILES string of the molecule is COCCN(CCNS(=O)(=O)c1ccc2c(c1)CC(=O)N2)S(C)(=O)=O. The largest absolute Gasteiger partial charge is 0.383 e. The summed E-state index contributed by atoms with van der Waals surface area (Å²) in [5.74, 6) is -0.181. The van der Waals surface area contributed by atoms with Crippen molar-refractivity contribution in [2.75, 3.05) is 44.9 Å². The second-order valence-electron chi connectivity index (χ2n) is 5.60. The highest BCUT2D eigenvalue weighted by Crippen LogP contribution is 2.25. The van der Waals surface area contributed by atoms with Crippen molar-refractivity contribution >= 4 is 31.6 Å². The van der Waals surface area contributed by atoms with Gasteiger partial charge in [-0.15, -0.1) is 0 Å². The lowest BCUT2D eigenvalue weighted by atomic mass is 10.2. The molecule has 0 fully saturated rings. The number of ether oxygens (including phenoxy) is 1. The third-order valence-electron chi connectivity index (χ3n) is 3.68. The topological polar surface area (TPSA) is 122 Å². The summed E-state index contributed by atoms with van der Waals surface area (Å²) in [6.45, 7) is 0.273. The van der Waals surface area contributed by atoms with E-state index >= 15 is 0 Å². The van der Waals surface area contributed by atoms with Crippen molar-refractivity contribution in [1.29, 1.82) is 0 Å². The van der Waals surface area contributed by atoms with Crippen LogP contribution in [0.25, 0.3) is 0 Å². The van der Waals surface area contributed by atoms with Crippen LogP contribution in [0.4, 0.5) is 5.69 Å². The summed E-state index contributed by atoms with van der Waals surface area (Å²) in [6, 6.07) is 4.37. The molecule has 9 nitrogen and oxygen atoms in total. The Balaban J connectivity index is 2.02. The van der Waals surface area contributed by atoms with Gasteiger partial charge in [-0.1, -0.05) is 0 Å². The fraction of sp³-hybridized carbons (Fsp3) is 0.500. The minimum Gasteiger partial charge on any atom is -0.383 e. The molecule has 1 amide bonds. The molecule has 1 aliphatic heterocycles. The Labute approximate surface area is 147 Å². The van der Waals surface area contributed by atoms with Crippen molar-refractivity contribution < 1.29 is 26.4 Å². The molecule has 140 valence electrons. The lowest BCUT2D eigenvalue weighted by Crippen LogP contribution is -2.39. The van der Waals surface area contributed by atoms with E-state index in [-0.39, 0.29) is 43.5 Å². The van der Waals surface area contributed by atoms with Crippen molar-refractivity contribution in [2.24, 2.45) is 0 Å². The zero-order chi connectivity index (χ0) is 18.7. The number of hydrogen-bond acceptors (Lipinski definition) is 6. The molecule has 1 heterocycles. The van der Waals surface area contributed by atoms with E-state index < -0.39 is 20.0 Å². The van der Waals surface area contributed by atoms with Gasteiger partial charge in [0.1, 0.15) is 0 Å². The Morgan fingerprint density at radius 3 is 2.60 bits per heavy atom. The van der Waals surface area contributed by atoms with Crippen LogP contribution in [-0.4, -0.2) is 66.7 Å². The maximum Gasteiger partial charge on any atom is 0.240 e. The van der Waals surface area contributed by atoms with Crippen LogP contribution >= 0.6 is 0 Å². The smallest absolute Gasteiger partial charge is 0.240 e. The predicted molar refractivity (Wildman–Crippen MR) is 92.3 cm³/mol. The maximum atomic E-state index is 12.3. The molecule has 0 spiro atoms. The number of fused-ring (bicyclic) bond motifs is 1. The highest BCUT2D eigenvalue weighted by atomic mass is 32.2. The molecule has 0 radical (unpaired) electrons. The van der Waals surface area contributed by atoms with E-state index in [1.54, 1.807) is 0 Å². The number of nitrogens with zero attached hydrogens (tertiary/aromatic N) is 1. The number of rotatable bonds is 9. The molecule has 0 unspecified atom stereocenters. The standard InChI is InChI=1S/C14H21N3O6S2/c1-23-8-7-17(24(2,19)20)6-5-15-25(21,22)12-3-4-13-11(9-12)10-14(18)16-13/h3-4,9,15H,5-8,10H2,1-2H3,(H,16,18). The average Bonchev–Trinajstić information content (AvgIpc) is 2.88. The van der Waals surface area contributed by atoms with Crippen LogP contribution in [-0.2, 0) is 36.0 Å². The molecule has 2 N–H and O–H groups in total. The van der Waals surface area contributed by atoms with Crippen LogP contribution in [0.2, 0.25) is 0 Å². The van der Waals surface area contributed by atoms with Crippen molar-refractivity contribution in [2.45, 2.75) is 11.3 Å². The Morgan fingerprint density at radius 1 is 1.24 bits per heavy atom. The number of sulfonamides is 2. The van der Waals surface area contributed by atoms with Crippen LogP contribution < -0.4 is 10.0 Å². The zero-order valence-electron chi connectivity index (χ0n) is 14.0. The normalized spacial score (nSPS) is 14.6. The van der Waals surface area contributed by atoms with Crippen LogP contribution in [0, 0.1) is 0 Å². The molecule has 11 heteroatoms. The van der Waals surface area contributed by atoms with Gasteiger partial charge in [-0.3, -0.25) is 4.79 Å². The summed E-state index contributed by atoms with van der Waals surface area (Å²) in [6.07, 6.45) is 1.19. The van der Waals surface area contributed by atoms with Gasteiger partial charge in [0.15, 0.2) is 0 Å². The van der Waals surface area contributed by atoms with Gasteiger partial charge in [0, 0.05) is 32.4 Å². The Kier molecular flexibility index (Phi) is 6.16. The third kappa shape index (κ3) is 5.22. The first-order valence-corrected chi connectivity index (χ1v) is 10.8. The lowest BCUT2D eigenvalue weighted by molar-refractivity contribution is -0.115. The first kappa shape index (κ1) is 19.8. The summed E-state index contributed by atoms with van der Waals surface area (Å²) >= 11 is 0. The number of benzene rings is 1. The first-order valence-electron chi connectivity index (χ1n) is 7.50. The summed E-state index contributed by atoms with van der Waals surface area (Å²) in [5.41, 5.74) is 1.22. The third-order valence-corrected chi connectivity index (χ3v) is 6.44. The Hall–Kier alpha value is -1.53. The Morgan fingerprint density at radius 2 is 1.96 bits per heavy atom. The second kappa shape index (κ2) is 7.79. The van der Waals surface area contributed by atoms with Crippen molar-refractivity contribution in [1.82, 2.24) is 9.03 Å². The molecular weight excluding hydrogens is 370 g/mol. The molecule has 0 bridgehead atoms. The number of amides is 1. The summed E-state index contributed by atoms with van der Waals surface area (Å²) in [7, 11) is -5.81. The zero-order valence-corrected chi connectivity index (χ0v) is 15.6. The molecular formula is C14H21N3O6S2. The molecule has 0 saturated carbocycles. The van der Waals surface area contributed by atoms with Gasteiger partial charge in [-0.2, -0.15) is 4.31 Å². The van der Waals surface area contributed by atoms with Crippen LogP contribution in [0.5, 0.6) is 0 Å². The van der Waals surface area contributed by atoms with E-state index in [4.69, 9.17) is 4.74 Å². The van der Waals surface area contributed by atoms with Gasteiger partial charge >= 0.3 is 0 Å². The van der Waals surface area contributed by atoms with Crippen LogP contribution in [0.3, 0.4) is 0 Å². The highest BCUT2D eigenvalue weighted by Gasteiger charge is 2.22. The van der Waals surface area contributed by atoms with Gasteiger partial charge < -0.3 is 10.1 Å². The molecule has 1 aromatic carbocycles. The molecule has 25 heavy (non-hydrogen) atoms. The van der Waals surface area contributed by atoms with Crippen LogP contribution in [0.15, 0.2) is 23.1 Å². The van der Waals surface area contributed by atoms with Gasteiger partial charge in [-0.25, -0.2) is 21.6 Å². The second-order valence-corrected chi connectivity index (χ2v) is 9.35. The highest BCUT2D eigenvalue weighted by molar-refractivity contribution is 7.89. The number of methoxy groups -OCH3 is 1. The number of carbonyl (C=O) groups is 1. The summed E-state index contributed by atoms with van der Waals surface area (Å²) in [5, 5.41) is 2.63. The van der Waals surface area contributed by atoms with Crippen molar-refractivity contribution in [3.63, 3.8) is 0 Å². The number of nitrogens with one attached hydrogen (secondary N) is 2. The molecule has 2 rings (SSSR count). The van der Waals surface area contributed by atoms with E-state index in [0.717, 1.165) is 10.6 Å². The number of hydrogen-bond donors (Lipinski definition) is 2.